The fourth-order valence-corrected chi connectivity index (χ4v) is 4.19. The highest BCUT2D eigenvalue weighted by Crippen LogP contribution is 2.32. The fraction of sp³-hybridized carbons (Fsp3) is 0.211. The number of benzene rings is 1. The molecule has 142 valence electrons. The topological polar surface area (TPSA) is 98.1 Å². The van der Waals surface area contributed by atoms with E-state index in [4.69, 9.17) is 4.74 Å². The molecule has 1 unspecified atom stereocenters. The Hall–Kier alpha value is -3.20. The third-order valence-electron chi connectivity index (χ3n) is 4.72. The van der Waals surface area contributed by atoms with Crippen LogP contribution in [0.1, 0.15) is 12.8 Å². The predicted molar refractivity (Wildman–Crippen MR) is 107 cm³/mol. The van der Waals surface area contributed by atoms with Gasteiger partial charge in [-0.15, -0.1) is 0 Å². The zero-order chi connectivity index (χ0) is 19.1. The lowest BCUT2D eigenvalue weighted by Crippen LogP contribution is -2.17. The lowest BCUT2D eigenvalue weighted by molar-refractivity contribution is -0.114. The predicted octanol–water partition coefficient (Wildman–Crippen LogP) is 2.27. The number of anilines is 1. The van der Waals surface area contributed by atoms with Gasteiger partial charge in [-0.2, -0.15) is 5.10 Å². The molecule has 0 spiro atoms. The SMILES string of the molecule is O=C1C=C(n2ncc3cc(-c4cnc5c(c4)OCCCCN5)ccc32)S(=O)N1. The van der Waals surface area contributed by atoms with E-state index in [2.05, 4.69) is 20.1 Å². The summed E-state index contributed by atoms with van der Waals surface area (Å²) < 4.78 is 21.8. The van der Waals surface area contributed by atoms with Crippen LogP contribution in [-0.2, 0) is 15.8 Å². The van der Waals surface area contributed by atoms with Crippen LogP contribution < -0.4 is 14.8 Å². The second-order valence-electron chi connectivity index (χ2n) is 6.60. The molecule has 28 heavy (non-hydrogen) atoms. The number of hydrogen-bond donors (Lipinski definition) is 2. The minimum absolute atomic E-state index is 0.329. The molecule has 2 aliphatic rings. The molecule has 0 fully saturated rings. The van der Waals surface area contributed by atoms with Crippen molar-refractivity contribution in [2.24, 2.45) is 0 Å². The summed E-state index contributed by atoms with van der Waals surface area (Å²) >= 11 is 0. The van der Waals surface area contributed by atoms with Gasteiger partial charge < -0.3 is 10.1 Å². The molecule has 2 N–H and O–H groups in total. The maximum atomic E-state index is 12.0. The standard InChI is InChI=1S/C19H17N5O3S/c25-17-9-18(28(26)23-17)24-15-4-3-12(7-14(15)11-22-24)13-8-16-19(21-10-13)20-5-1-2-6-27-16/h3-4,7-11H,1-2,5-6H2,(H,20,21)(H,23,25). The van der Waals surface area contributed by atoms with Crippen molar-refractivity contribution in [2.75, 3.05) is 18.5 Å². The zero-order valence-corrected chi connectivity index (χ0v) is 15.7. The largest absolute Gasteiger partial charge is 0.490 e. The Bertz CT molecular complexity index is 1150. The van der Waals surface area contributed by atoms with Gasteiger partial charge in [-0.3, -0.25) is 9.52 Å². The molecule has 2 aliphatic heterocycles. The lowest BCUT2D eigenvalue weighted by Gasteiger charge is -2.16. The second kappa shape index (κ2) is 6.75. The molecule has 2 aromatic heterocycles. The first kappa shape index (κ1) is 16.9. The van der Waals surface area contributed by atoms with Gasteiger partial charge >= 0.3 is 0 Å². The smallest absolute Gasteiger partial charge is 0.258 e. The first-order valence-electron chi connectivity index (χ1n) is 8.98. The Morgan fingerprint density at radius 3 is 2.93 bits per heavy atom. The number of carbonyl (C=O) groups is 1. The van der Waals surface area contributed by atoms with Crippen molar-refractivity contribution in [2.45, 2.75) is 12.8 Å². The summed E-state index contributed by atoms with van der Waals surface area (Å²) in [7, 11) is -1.59. The molecule has 3 aromatic rings. The summed E-state index contributed by atoms with van der Waals surface area (Å²) in [4.78, 5) is 16.0. The van der Waals surface area contributed by atoms with Gasteiger partial charge in [-0.25, -0.2) is 13.9 Å². The minimum Gasteiger partial charge on any atom is -0.490 e. The first-order chi connectivity index (χ1) is 13.7. The molecular formula is C19H17N5O3S. The summed E-state index contributed by atoms with van der Waals surface area (Å²) in [5, 5.41) is 8.80. The molecule has 0 aliphatic carbocycles. The molecule has 0 radical (unpaired) electrons. The molecule has 0 saturated carbocycles. The number of pyridine rings is 1. The average molecular weight is 395 g/mol. The van der Waals surface area contributed by atoms with Crippen LogP contribution in [0.3, 0.4) is 0 Å². The Morgan fingerprint density at radius 2 is 2.07 bits per heavy atom. The molecule has 8 nitrogen and oxygen atoms in total. The van der Waals surface area contributed by atoms with E-state index in [-0.39, 0.29) is 5.91 Å². The van der Waals surface area contributed by atoms with Crippen molar-refractivity contribution in [3.8, 4) is 16.9 Å². The van der Waals surface area contributed by atoms with Crippen LogP contribution >= 0.6 is 0 Å². The van der Waals surface area contributed by atoms with E-state index in [9.17, 15) is 9.00 Å². The molecule has 0 bridgehead atoms. The van der Waals surface area contributed by atoms with Gasteiger partial charge in [0.05, 0.1) is 18.3 Å². The van der Waals surface area contributed by atoms with Gasteiger partial charge in [-0.05, 0) is 36.6 Å². The van der Waals surface area contributed by atoms with E-state index in [1.54, 1.807) is 6.20 Å². The third kappa shape index (κ3) is 2.93. The molecule has 4 heterocycles. The van der Waals surface area contributed by atoms with Crippen LogP contribution in [0.4, 0.5) is 5.82 Å². The number of rotatable bonds is 2. The molecular weight excluding hydrogens is 378 g/mol. The summed E-state index contributed by atoms with van der Waals surface area (Å²) in [5.74, 6) is 1.14. The lowest BCUT2D eigenvalue weighted by atomic mass is 10.1. The highest BCUT2D eigenvalue weighted by Gasteiger charge is 2.23. The Balaban J connectivity index is 1.53. The van der Waals surface area contributed by atoms with Gasteiger partial charge in [0.15, 0.2) is 27.6 Å². The Morgan fingerprint density at radius 1 is 1.14 bits per heavy atom. The van der Waals surface area contributed by atoms with Crippen LogP contribution in [0.25, 0.3) is 27.1 Å². The highest BCUT2D eigenvalue weighted by atomic mass is 32.2. The summed E-state index contributed by atoms with van der Waals surface area (Å²) in [6.45, 7) is 1.58. The van der Waals surface area contributed by atoms with E-state index in [1.807, 2.05) is 30.5 Å². The fourth-order valence-electron chi connectivity index (χ4n) is 3.33. The van der Waals surface area contributed by atoms with Crippen LogP contribution in [0.15, 0.2) is 42.7 Å². The molecule has 0 saturated heterocycles. The van der Waals surface area contributed by atoms with Crippen molar-refractivity contribution in [3.63, 3.8) is 0 Å². The van der Waals surface area contributed by atoms with E-state index in [0.717, 1.165) is 53.0 Å². The third-order valence-corrected chi connectivity index (χ3v) is 5.78. The quantitative estimate of drug-likeness (QED) is 0.691. The maximum absolute atomic E-state index is 12.0. The molecule has 1 aromatic carbocycles. The molecule has 9 heteroatoms. The minimum atomic E-state index is -1.59. The number of nitrogens with zero attached hydrogens (tertiary/aromatic N) is 3. The van der Waals surface area contributed by atoms with E-state index in [0.29, 0.717) is 11.6 Å². The second-order valence-corrected chi connectivity index (χ2v) is 7.76. The van der Waals surface area contributed by atoms with Crippen LogP contribution in [0.5, 0.6) is 5.75 Å². The van der Waals surface area contributed by atoms with E-state index >= 15 is 0 Å². The number of aromatic nitrogens is 3. The Kier molecular flexibility index (Phi) is 4.09. The van der Waals surface area contributed by atoms with Gasteiger partial charge in [0, 0.05) is 29.8 Å². The van der Waals surface area contributed by atoms with Crippen molar-refractivity contribution in [3.05, 3.63) is 42.7 Å². The number of amides is 1. The van der Waals surface area contributed by atoms with Crippen LogP contribution in [-0.4, -0.2) is 38.0 Å². The van der Waals surface area contributed by atoms with Crippen molar-refractivity contribution in [1.29, 1.82) is 0 Å². The monoisotopic (exact) mass is 395 g/mol. The number of nitrogens with one attached hydrogen (secondary N) is 2. The van der Waals surface area contributed by atoms with Gasteiger partial charge in [0.1, 0.15) is 0 Å². The number of carbonyl (C=O) groups excluding carboxylic acids is 1. The van der Waals surface area contributed by atoms with Crippen LogP contribution in [0, 0.1) is 0 Å². The highest BCUT2D eigenvalue weighted by molar-refractivity contribution is 7.93. The Labute approximate surface area is 163 Å². The van der Waals surface area contributed by atoms with Crippen molar-refractivity contribution >= 4 is 38.6 Å². The molecule has 1 atom stereocenters. The summed E-state index contributed by atoms with van der Waals surface area (Å²) in [5.41, 5.74) is 2.69. The average Bonchev–Trinajstić information content (AvgIpc) is 3.23. The van der Waals surface area contributed by atoms with Gasteiger partial charge in [0.2, 0.25) is 0 Å². The van der Waals surface area contributed by atoms with Crippen LogP contribution in [0.2, 0.25) is 0 Å². The first-order valence-corrected chi connectivity index (χ1v) is 10.1. The van der Waals surface area contributed by atoms with Crippen molar-refractivity contribution in [1.82, 2.24) is 19.5 Å². The molecule has 1 amide bonds. The number of hydrogen-bond acceptors (Lipinski definition) is 6. The maximum Gasteiger partial charge on any atom is 0.258 e. The number of ether oxygens (including phenoxy) is 1. The van der Waals surface area contributed by atoms with Crippen molar-refractivity contribution < 1.29 is 13.7 Å². The zero-order valence-electron chi connectivity index (χ0n) is 14.8. The molecule has 5 rings (SSSR count). The van der Waals surface area contributed by atoms with Gasteiger partial charge in [0.25, 0.3) is 5.91 Å². The van der Waals surface area contributed by atoms with Gasteiger partial charge in [-0.1, -0.05) is 6.07 Å². The number of fused-ring (bicyclic) bond motifs is 2. The van der Waals surface area contributed by atoms with E-state index < -0.39 is 11.0 Å². The summed E-state index contributed by atoms with van der Waals surface area (Å²) in [6.07, 6.45) is 6.89. The normalized spacial score (nSPS) is 19.1. The summed E-state index contributed by atoms with van der Waals surface area (Å²) in [6, 6.07) is 7.83. The van der Waals surface area contributed by atoms with E-state index in [1.165, 1.54) is 10.8 Å².